The van der Waals surface area contributed by atoms with Gasteiger partial charge in [-0.2, -0.15) is 5.10 Å². The number of carbonyl (C=O) groups excluding carboxylic acids is 1. The molecule has 2 atom stereocenters. The maximum atomic E-state index is 13.5. The third-order valence-electron chi connectivity index (χ3n) is 6.58. The molecule has 7 nitrogen and oxygen atoms in total. The van der Waals surface area contributed by atoms with E-state index in [4.69, 9.17) is 11.6 Å². The molecule has 1 aliphatic carbocycles. The molecular weight excluding hydrogens is 424 g/mol. The highest BCUT2D eigenvalue weighted by atomic mass is 35.5. The number of nitrogens with zero attached hydrogens (tertiary/aromatic N) is 3. The zero-order valence-electron chi connectivity index (χ0n) is 16.8. The Labute approximate surface area is 181 Å². The maximum absolute atomic E-state index is 13.5. The lowest BCUT2D eigenvalue weighted by Crippen LogP contribution is -2.48. The highest BCUT2D eigenvalue weighted by Gasteiger charge is 2.42. The van der Waals surface area contributed by atoms with Crippen molar-refractivity contribution in [3.63, 3.8) is 0 Å². The molecule has 9 heteroatoms. The highest BCUT2D eigenvalue weighted by Crippen LogP contribution is 2.42. The average molecular weight is 449 g/mol. The van der Waals surface area contributed by atoms with E-state index < -0.39 is 16.0 Å². The zero-order chi connectivity index (χ0) is 21.0. The van der Waals surface area contributed by atoms with Crippen molar-refractivity contribution in [1.29, 1.82) is 0 Å². The number of para-hydroxylation sites is 1. The van der Waals surface area contributed by atoms with E-state index >= 15 is 0 Å². The Morgan fingerprint density at radius 1 is 1.13 bits per heavy atom. The molecule has 0 radical (unpaired) electrons. The molecule has 160 valence electrons. The summed E-state index contributed by atoms with van der Waals surface area (Å²) in [6.45, 7) is 1.88. The molecule has 2 fully saturated rings. The summed E-state index contributed by atoms with van der Waals surface area (Å²) in [5, 5.41) is 8.56. The van der Waals surface area contributed by atoms with Crippen LogP contribution in [0.15, 0.2) is 24.3 Å². The molecule has 1 amide bonds. The van der Waals surface area contributed by atoms with Gasteiger partial charge in [0.15, 0.2) is 9.84 Å². The second-order valence-electron chi connectivity index (χ2n) is 8.53. The van der Waals surface area contributed by atoms with E-state index in [0.29, 0.717) is 17.1 Å². The normalized spacial score (nSPS) is 26.1. The van der Waals surface area contributed by atoms with Crippen LogP contribution in [0, 0.1) is 6.92 Å². The average Bonchev–Trinajstić information content (AvgIpc) is 3.42. The van der Waals surface area contributed by atoms with Crippen molar-refractivity contribution in [2.75, 3.05) is 16.8 Å². The molecule has 2 aliphatic heterocycles. The predicted octanol–water partition coefficient (Wildman–Crippen LogP) is 3.71. The van der Waals surface area contributed by atoms with Gasteiger partial charge < -0.3 is 10.2 Å². The van der Waals surface area contributed by atoms with Gasteiger partial charge in [-0.05, 0) is 38.3 Å². The number of carbonyl (C=O) groups is 1. The van der Waals surface area contributed by atoms with Crippen molar-refractivity contribution in [2.45, 2.75) is 57.3 Å². The van der Waals surface area contributed by atoms with Gasteiger partial charge in [0.25, 0.3) is 5.91 Å². The van der Waals surface area contributed by atoms with Gasteiger partial charge in [-0.1, -0.05) is 36.6 Å². The summed E-state index contributed by atoms with van der Waals surface area (Å²) in [5.74, 6) is 0.219. The van der Waals surface area contributed by atoms with Crippen molar-refractivity contribution in [3.8, 4) is 0 Å². The van der Waals surface area contributed by atoms with Crippen LogP contribution in [0.25, 0.3) is 0 Å². The molecular formula is C21H25ClN4O3S. The fourth-order valence-electron chi connectivity index (χ4n) is 5.09. The van der Waals surface area contributed by atoms with E-state index in [-0.39, 0.29) is 29.5 Å². The fraction of sp³-hybridized carbons (Fsp3) is 0.524. The number of aromatic nitrogens is 2. The summed E-state index contributed by atoms with van der Waals surface area (Å²) in [5.41, 5.74) is 2.94. The third kappa shape index (κ3) is 3.21. The number of hydrogen-bond donors (Lipinski definition) is 1. The summed E-state index contributed by atoms with van der Waals surface area (Å²) in [6.07, 6.45) is 4.24. The van der Waals surface area contributed by atoms with E-state index in [1.54, 1.807) is 4.68 Å². The highest BCUT2D eigenvalue weighted by molar-refractivity contribution is 7.91. The summed E-state index contributed by atoms with van der Waals surface area (Å²) in [7, 11) is -3.06. The Kier molecular flexibility index (Phi) is 4.82. The molecule has 30 heavy (non-hydrogen) atoms. The van der Waals surface area contributed by atoms with Crippen LogP contribution in [-0.2, 0) is 9.84 Å². The van der Waals surface area contributed by atoms with Crippen molar-refractivity contribution in [3.05, 3.63) is 46.2 Å². The fourth-order valence-corrected chi connectivity index (χ4v) is 7.20. The zero-order valence-corrected chi connectivity index (χ0v) is 18.4. The van der Waals surface area contributed by atoms with Crippen LogP contribution in [0.3, 0.4) is 0 Å². The monoisotopic (exact) mass is 448 g/mol. The first kappa shape index (κ1) is 19.9. The minimum Gasteiger partial charge on any atom is -0.361 e. The Morgan fingerprint density at radius 3 is 2.57 bits per heavy atom. The smallest absolute Gasteiger partial charge is 0.258 e. The molecule has 0 spiro atoms. The van der Waals surface area contributed by atoms with Crippen molar-refractivity contribution in [2.24, 2.45) is 0 Å². The van der Waals surface area contributed by atoms with Crippen LogP contribution >= 0.6 is 11.6 Å². The molecule has 1 N–H and O–H groups in total. The van der Waals surface area contributed by atoms with E-state index in [0.717, 1.165) is 42.6 Å². The maximum Gasteiger partial charge on any atom is 0.258 e. The van der Waals surface area contributed by atoms with Crippen LogP contribution in [0.2, 0.25) is 5.15 Å². The van der Waals surface area contributed by atoms with Crippen LogP contribution in [0.5, 0.6) is 0 Å². The number of sulfone groups is 1. The third-order valence-corrected chi connectivity index (χ3v) is 8.71. The molecule has 0 bridgehead atoms. The SMILES string of the molecule is Cc1nn([C@H]2CCS(=O)(=O)C2)c(Cl)c1[C@@H]1Nc2ccccc2C(=O)N1C1CCCC1. The number of halogens is 1. The summed E-state index contributed by atoms with van der Waals surface area (Å²) in [6, 6.07) is 7.42. The number of nitrogens with one attached hydrogen (secondary N) is 1. The standard InChI is InChI=1S/C21H25ClN4O3S/c1-13-18(19(22)26(24-13)15-10-11-30(28,29)12-15)20-23-17-9-5-4-8-16(17)21(27)25(20)14-6-2-3-7-14/h4-5,8-9,14-15,20,23H,2-3,6-7,10-12H2,1H3/t15-,20+/m0/s1. The lowest BCUT2D eigenvalue weighted by atomic mass is 10.0. The first-order valence-electron chi connectivity index (χ1n) is 10.5. The van der Waals surface area contributed by atoms with Gasteiger partial charge in [0.2, 0.25) is 0 Å². The van der Waals surface area contributed by atoms with Crippen molar-refractivity contribution >= 4 is 33.0 Å². The molecule has 3 heterocycles. The number of anilines is 1. The number of rotatable bonds is 3. The van der Waals surface area contributed by atoms with Crippen LogP contribution in [0.4, 0.5) is 5.69 Å². The van der Waals surface area contributed by atoms with Gasteiger partial charge in [0, 0.05) is 11.7 Å². The number of benzene rings is 1. The largest absolute Gasteiger partial charge is 0.361 e. The van der Waals surface area contributed by atoms with Crippen molar-refractivity contribution < 1.29 is 13.2 Å². The molecule has 1 saturated heterocycles. The minimum atomic E-state index is -3.06. The lowest BCUT2D eigenvalue weighted by molar-refractivity contribution is 0.0584. The molecule has 1 saturated carbocycles. The summed E-state index contributed by atoms with van der Waals surface area (Å²) < 4.78 is 25.6. The molecule has 2 aromatic rings. The number of amides is 1. The van der Waals surface area contributed by atoms with Crippen LogP contribution in [0.1, 0.15) is 65.9 Å². The molecule has 5 rings (SSSR count). The van der Waals surface area contributed by atoms with Gasteiger partial charge in [-0.25, -0.2) is 13.1 Å². The lowest BCUT2D eigenvalue weighted by Gasteiger charge is -2.41. The van der Waals surface area contributed by atoms with Gasteiger partial charge in [0.05, 0.1) is 34.4 Å². The molecule has 0 unspecified atom stereocenters. The quantitative estimate of drug-likeness (QED) is 0.773. The molecule has 1 aromatic carbocycles. The Balaban J connectivity index is 1.59. The first-order chi connectivity index (χ1) is 14.4. The van der Waals surface area contributed by atoms with Gasteiger partial charge in [-0.3, -0.25) is 4.79 Å². The van der Waals surface area contributed by atoms with Crippen molar-refractivity contribution in [1.82, 2.24) is 14.7 Å². The van der Waals surface area contributed by atoms with Gasteiger partial charge in [-0.15, -0.1) is 0 Å². The van der Waals surface area contributed by atoms with E-state index in [2.05, 4.69) is 10.4 Å². The first-order valence-corrected chi connectivity index (χ1v) is 12.7. The molecule has 3 aliphatic rings. The second kappa shape index (κ2) is 7.27. The number of aryl methyl sites for hydroxylation is 1. The Hall–Kier alpha value is -2.06. The number of hydrogen-bond acceptors (Lipinski definition) is 5. The van der Waals surface area contributed by atoms with E-state index in [1.165, 1.54) is 0 Å². The second-order valence-corrected chi connectivity index (χ2v) is 11.1. The van der Waals surface area contributed by atoms with E-state index in [1.807, 2.05) is 36.1 Å². The molecule has 1 aromatic heterocycles. The Bertz CT molecular complexity index is 1110. The van der Waals surface area contributed by atoms with E-state index in [9.17, 15) is 13.2 Å². The summed E-state index contributed by atoms with van der Waals surface area (Å²) >= 11 is 6.81. The predicted molar refractivity (Wildman–Crippen MR) is 116 cm³/mol. The van der Waals surface area contributed by atoms with Gasteiger partial charge in [0.1, 0.15) is 11.3 Å². The van der Waals surface area contributed by atoms with Crippen LogP contribution < -0.4 is 5.32 Å². The Morgan fingerprint density at radius 2 is 1.87 bits per heavy atom. The minimum absolute atomic E-state index is 0.00732. The summed E-state index contributed by atoms with van der Waals surface area (Å²) in [4.78, 5) is 15.4. The van der Waals surface area contributed by atoms with Gasteiger partial charge >= 0.3 is 0 Å². The number of fused-ring (bicyclic) bond motifs is 1. The topological polar surface area (TPSA) is 84.3 Å². The van der Waals surface area contributed by atoms with Crippen LogP contribution in [-0.4, -0.2) is 46.6 Å².